The molecule has 0 fully saturated rings. The standard InChI is InChI=1S/C31H37N3O3/c1-31(2,3)24-12-16-26(17-13-24)37-21-7-20-34-28-9-6-5-8-27(28)33-29(34)18-19-32-30(35)22-23-10-14-25(36-4)15-11-23/h5-6,8-17H,7,18-22H2,1-4H3,(H,32,35). The Balaban J connectivity index is 1.31. The summed E-state index contributed by atoms with van der Waals surface area (Å²) in [5, 5.41) is 3.04. The number of carbonyl (C=O) groups excluding carboxylic acids is 1. The molecule has 1 N–H and O–H groups in total. The van der Waals surface area contributed by atoms with Crippen molar-refractivity contribution >= 4 is 16.9 Å². The summed E-state index contributed by atoms with van der Waals surface area (Å²) >= 11 is 0. The molecule has 0 unspecified atom stereocenters. The van der Waals surface area contributed by atoms with E-state index in [1.165, 1.54) is 5.56 Å². The highest BCUT2D eigenvalue weighted by Crippen LogP contribution is 2.24. The maximum Gasteiger partial charge on any atom is 0.224 e. The van der Waals surface area contributed by atoms with Gasteiger partial charge in [-0.1, -0.05) is 57.2 Å². The van der Waals surface area contributed by atoms with E-state index in [0.717, 1.165) is 46.9 Å². The minimum absolute atomic E-state index is 0.00120. The molecule has 37 heavy (non-hydrogen) atoms. The molecule has 0 bridgehead atoms. The first-order valence-corrected chi connectivity index (χ1v) is 12.9. The number of hydrogen-bond donors (Lipinski definition) is 1. The van der Waals surface area contributed by atoms with Crippen LogP contribution >= 0.6 is 0 Å². The topological polar surface area (TPSA) is 65.4 Å². The highest BCUT2D eigenvalue weighted by Gasteiger charge is 2.14. The summed E-state index contributed by atoms with van der Waals surface area (Å²) in [4.78, 5) is 17.3. The molecule has 6 nitrogen and oxygen atoms in total. The molecule has 3 aromatic carbocycles. The van der Waals surface area contributed by atoms with Crippen LogP contribution in [0.5, 0.6) is 11.5 Å². The fourth-order valence-electron chi connectivity index (χ4n) is 4.33. The van der Waals surface area contributed by atoms with Gasteiger partial charge in [-0.2, -0.15) is 0 Å². The summed E-state index contributed by atoms with van der Waals surface area (Å²) in [7, 11) is 1.63. The molecule has 6 heteroatoms. The van der Waals surface area contributed by atoms with Crippen LogP contribution in [0.15, 0.2) is 72.8 Å². The van der Waals surface area contributed by atoms with Gasteiger partial charge in [0.2, 0.25) is 5.91 Å². The Morgan fingerprint density at radius 3 is 2.35 bits per heavy atom. The first-order chi connectivity index (χ1) is 17.8. The first kappa shape index (κ1) is 26.3. The number of fused-ring (bicyclic) bond motifs is 1. The van der Waals surface area contributed by atoms with Crippen molar-refractivity contribution in [3.8, 4) is 11.5 Å². The molecule has 194 valence electrons. The fourth-order valence-corrected chi connectivity index (χ4v) is 4.33. The number of methoxy groups -OCH3 is 1. The van der Waals surface area contributed by atoms with Crippen LogP contribution in [0.2, 0.25) is 0 Å². The quantitative estimate of drug-likeness (QED) is 0.268. The van der Waals surface area contributed by atoms with Crippen molar-refractivity contribution in [3.63, 3.8) is 0 Å². The second-order valence-electron chi connectivity index (χ2n) is 10.3. The number of carbonyl (C=O) groups is 1. The highest BCUT2D eigenvalue weighted by molar-refractivity contribution is 5.78. The summed E-state index contributed by atoms with van der Waals surface area (Å²) in [6.45, 7) is 8.59. The van der Waals surface area contributed by atoms with Gasteiger partial charge < -0.3 is 19.4 Å². The Kier molecular flexibility index (Phi) is 8.49. The predicted molar refractivity (Wildman–Crippen MR) is 148 cm³/mol. The summed E-state index contributed by atoms with van der Waals surface area (Å²) < 4.78 is 13.4. The molecular formula is C31H37N3O3. The van der Waals surface area contributed by atoms with Gasteiger partial charge in [-0.25, -0.2) is 4.98 Å². The maximum atomic E-state index is 12.4. The summed E-state index contributed by atoms with van der Waals surface area (Å²) in [6.07, 6.45) is 1.87. The van der Waals surface area contributed by atoms with Crippen molar-refractivity contribution in [1.29, 1.82) is 0 Å². The molecule has 0 spiro atoms. The van der Waals surface area contributed by atoms with Gasteiger partial charge in [-0.15, -0.1) is 0 Å². The predicted octanol–water partition coefficient (Wildman–Crippen LogP) is 5.71. The molecule has 0 atom stereocenters. The van der Waals surface area contributed by atoms with Crippen molar-refractivity contribution in [2.45, 2.75) is 52.0 Å². The molecule has 0 aliphatic rings. The number of para-hydroxylation sites is 2. The fraction of sp³-hybridized carbons (Fsp3) is 0.355. The van der Waals surface area contributed by atoms with E-state index in [1.54, 1.807) is 7.11 Å². The second kappa shape index (κ2) is 12.0. The van der Waals surface area contributed by atoms with Crippen LogP contribution in [0.3, 0.4) is 0 Å². The minimum atomic E-state index is -0.00120. The van der Waals surface area contributed by atoms with E-state index in [1.807, 2.05) is 54.6 Å². The van der Waals surface area contributed by atoms with E-state index in [4.69, 9.17) is 14.5 Å². The normalized spacial score (nSPS) is 11.5. The number of benzene rings is 3. The number of aryl methyl sites for hydroxylation is 1. The van der Waals surface area contributed by atoms with Crippen molar-refractivity contribution in [2.75, 3.05) is 20.3 Å². The van der Waals surface area contributed by atoms with Crippen LogP contribution in [0.4, 0.5) is 0 Å². The zero-order chi connectivity index (χ0) is 26.3. The van der Waals surface area contributed by atoms with E-state index in [0.29, 0.717) is 26.0 Å². The number of rotatable bonds is 11. The van der Waals surface area contributed by atoms with E-state index in [9.17, 15) is 4.79 Å². The lowest BCUT2D eigenvalue weighted by Crippen LogP contribution is -2.28. The highest BCUT2D eigenvalue weighted by atomic mass is 16.5. The molecule has 4 rings (SSSR count). The van der Waals surface area contributed by atoms with Gasteiger partial charge in [-0.3, -0.25) is 4.79 Å². The molecule has 1 aromatic heterocycles. The monoisotopic (exact) mass is 499 g/mol. The molecule has 0 radical (unpaired) electrons. The Hall–Kier alpha value is -3.80. The lowest BCUT2D eigenvalue weighted by Gasteiger charge is -2.19. The lowest BCUT2D eigenvalue weighted by molar-refractivity contribution is -0.120. The Bertz CT molecular complexity index is 1300. The summed E-state index contributed by atoms with van der Waals surface area (Å²) in [5.74, 6) is 2.65. The molecule has 1 heterocycles. The van der Waals surface area contributed by atoms with Crippen LogP contribution in [0.1, 0.15) is 44.1 Å². The van der Waals surface area contributed by atoms with Gasteiger partial charge in [-0.05, 0) is 59.4 Å². The van der Waals surface area contributed by atoms with Crippen LogP contribution in [-0.4, -0.2) is 35.7 Å². The molecule has 0 aliphatic carbocycles. The number of aromatic nitrogens is 2. The summed E-state index contributed by atoms with van der Waals surface area (Å²) in [5.41, 5.74) is 4.47. The number of amides is 1. The van der Waals surface area contributed by atoms with E-state index in [2.05, 4.69) is 48.9 Å². The minimum Gasteiger partial charge on any atom is -0.497 e. The molecule has 4 aromatic rings. The number of nitrogens with one attached hydrogen (secondary N) is 1. The molecule has 0 aliphatic heterocycles. The van der Waals surface area contributed by atoms with Gasteiger partial charge >= 0.3 is 0 Å². The van der Waals surface area contributed by atoms with Crippen molar-refractivity contribution < 1.29 is 14.3 Å². The number of ether oxygens (including phenoxy) is 2. The van der Waals surface area contributed by atoms with Crippen molar-refractivity contribution in [3.05, 3.63) is 89.7 Å². The van der Waals surface area contributed by atoms with Gasteiger partial charge in [0.15, 0.2) is 0 Å². The Labute approximate surface area is 219 Å². The van der Waals surface area contributed by atoms with Crippen molar-refractivity contribution in [1.82, 2.24) is 14.9 Å². The zero-order valence-electron chi connectivity index (χ0n) is 22.3. The number of imidazole rings is 1. The third-order valence-corrected chi connectivity index (χ3v) is 6.44. The maximum absolute atomic E-state index is 12.4. The van der Waals surface area contributed by atoms with E-state index in [-0.39, 0.29) is 11.3 Å². The third kappa shape index (κ3) is 7.13. The molecule has 1 amide bonds. The van der Waals surface area contributed by atoms with Gasteiger partial charge in [0, 0.05) is 19.5 Å². The van der Waals surface area contributed by atoms with Crippen LogP contribution in [0.25, 0.3) is 11.0 Å². The van der Waals surface area contributed by atoms with Crippen LogP contribution in [0, 0.1) is 0 Å². The Morgan fingerprint density at radius 2 is 1.65 bits per heavy atom. The smallest absolute Gasteiger partial charge is 0.224 e. The Morgan fingerprint density at radius 1 is 0.946 bits per heavy atom. The SMILES string of the molecule is COc1ccc(CC(=O)NCCc2nc3ccccc3n2CCCOc2ccc(C(C)(C)C)cc2)cc1. The average Bonchev–Trinajstić information content (AvgIpc) is 3.24. The molecular weight excluding hydrogens is 462 g/mol. The zero-order valence-corrected chi connectivity index (χ0v) is 22.3. The second-order valence-corrected chi connectivity index (χ2v) is 10.3. The van der Waals surface area contributed by atoms with E-state index < -0.39 is 0 Å². The van der Waals surface area contributed by atoms with Crippen molar-refractivity contribution in [2.24, 2.45) is 0 Å². The lowest BCUT2D eigenvalue weighted by atomic mass is 9.87. The first-order valence-electron chi connectivity index (χ1n) is 12.9. The van der Waals surface area contributed by atoms with Gasteiger partial charge in [0.1, 0.15) is 17.3 Å². The third-order valence-electron chi connectivity index (χ3n) is 6.44. The van der Waals surface area contributed by atoms with Crippen LogP contribution < -0.4 is 14.8 Å². The average molecular weight is 500 g/mol. The van der Waals surface area contributed by atoms with Gasteiger partial charge in [0.25, 0.3) is 0 Å². The van der Waals surface area contributed by atoms with Gasteiger partial charge in [0.05, 0.1) is 31.2 Å². The largest absolute Gasteiger partial charge is 0.497 e. The number of hydrogen-bond acceptors (Lipinski definition) is 4. The molecule has 0 saturated carbocycles. The van der Waals surface area contributed by atoms with E-state index >= 15 is 0 Å². The molecule has 0 saturated heterocycles. The summed E-state index contributed by atoms with van der Waals surface area (Å²) in [6, 6.07) is 24.1. The van der Waals surface area contributed by atoms with Crippen LogP contribution in [-0.2, 0) is 29.6 Å². The number of nitrogens with zero attached hydrogens (tertiary/aromatic N) is 2.